The van der Waals surface area contributed by atoms with Gasteiger partial charge < -0.3 is 14.8 Å². The van der Waals surface area contributed by atoms with E-state index in [2.05, 4.69) is 5.32 Å². The van der Waals surface area contributed by atoms with Crippen LogP contribution in [0.2, 0.25) is 0 Å². The highest BCUT2D eigenvalue weighted by atomic mass is 32.2. The van der Waals surface area contributed by atoms with E-state index in [-0.39, 0.29) is 30.1 Å². The fourth-order valence-electron chi connectivity index (χ4n) is 2.75. The Morgan fingerprint density at radius 2 is 1.79 bits per heavy atom. The van der Waals surface area contributed by atoms with Gasteiger partial charge in [0.1, 0.15) is 0 Å². The number of hydrogen-bond donors (Lipinski definition) is 1. The van der Waals surface area contributed by atoms with Crippen molar-refractivity contribution in [1.82, 2.24) is 10.2 Å². The zero-order chi connectivity index (χ0) is 20.8. The molecule has 0 unspecified atom stereocenters. The van der Waals surface area contributed by atoms with Crippen LogP contribution in [0.3, 0.4) is 0 Å². The fourth-order valence-corrected chi connectivity index (χ4v) is 3.62. The van der Waals surface area contributed by atoms with Crippen molar-refractivity contribution in [2.75, 3.05) is 27.3 Å². The lowest BCUT2D eigenvalue weighted by atomic mass is 10.2. The molecule has 0 spiro atoms. The van der Waals surface area contributed by atoms with E-state index in [1.165, 1.54) is 14.2 Å². The molecule has 1 heterocycles. The fraction of sp³-hybridized carbons (Fsp3) is 0.190. The number of rotatable bonds is 7. The molecule has 2 aromatic carbocycles. The van der Waals surface area contributed by atoms with Gasteiger partial charge in [0, 0.05) is 18.7 Å². The van der Waals surface area contributed by atoms with Crippen molar-refractivity contribution in [3.8, 4) is 11.5 Å². The van der Waals surface area contributed by atoms with Crippen LogP contribution in [0.5, 0.6) is 11.5 Å². The first-order chi connectivity index (χ1) is 14.0. The van der Waals surface area contributed by atoms with E-state index in [9.17, 15) is 14.4 Å². The number of carbonyl (C=O) groups is 3. The Hall–Kier alpha value is -3.26. The highest BCUT2D eigenvalue weighted by Gasteiger charge is 2.34. The second kappa shape index (κ2) is 9.29. The van der Waals surface area contributed by atoms with Gasteiger partial charge in [0.25, 0.3) is 17.1 Å². The first-order valence-electron chi connectivity index (χ1n) is 8.84. The van der Waals surface area contributed by atoms with E-state index >= 15 is 0 Å². The van der Waals surface area contributed by atoms with Gasteiger partial charge in [0.05, 0.1) is 19.1 Å². The van der Waals surface area contributed by atoms with Crippen LogP contribution in [0.1, 0.15) is 15.9 Å². The van der Waals surface area contributed by atoms with Gasteiger partial charge in [0.15, 0.2) is 11.5 Å². The van der Waals surface area contributed by atoms with Crippen molar-refractivity contribution in [3.05, 3.63) is 64.6 Å². The Labute approximate surface area is 172 Å². The molecule has 8 heteroatoms. The molecule has 0 bridgehead atoms. The molecule has 1 aliphatic heterocycles. The van der Waals surface area contributed by atoms with Gasteiger partial charge in [-0.1, -0.05) is 30.3 Å². The number of carbonyl (C=O) groups excluding carboxylic acids is 3. The molecule has 0 aromatic heterocycles. The molecule has 1 aliphatic rings. The molecule has 0 saturated carbocycles. The van der Waals surface area contributed by atoms with E-state index in [1.807, 2.05) is 30.3 Å². The van der Waals surface area contributed by atoms with Crippen molar-refractivity contribution in [2.24, 2.45) is 0 Å². The largest absolute Gasteiger partial charge is 0.493 e. The molecule has 1 saturated heterocycles. The first kappa shape index (κ1) is 20.5. The normalized spacial score (nSPS) is 15.0. The van der Waals surface area contributed by atoms with Gasteiger partial charge in [-0.2, -0.15) is 0 Å². The summed E-state index contributed by atoms with van der Waals surface area (Å²) in [4.78, 5) is 38.5. The van der Waals surface area contributed by atoms with Crippen LogP contribution >= 0.6 is 11.8 Å². The van der Waals surface area contributed by atoms with Gasteiger partial charge in [-0.3, -0.25) is 19.3 Å². The Morgan fingerprint density at radius 1 is 1.07 bits per heavy atom. The van der Waals surface area contributed by atoms with Crippen LogP contribution in [0, 0.1) is 0 Å². The summed E-state index contributed by atoms with van der Waals surface area (Å²) in [5.41, 5.74) is 1.24. The molecule has 7 nitrogen and oxygen atoms in total. The molecule has 3 rings (SSSR count). The first-order valence-corrected chi connectivity index (χ1v) is 9.65. The maximum absolute atomic E-state index is 12.5. The smallest absolute Gasteiger partial charge is 0.293 e. The Balaban J connectivity index is 1.59. The van der Waals surface area contributed by atoms with E-state index in [1.54, 1.807) is 24.3 Å². The minimum Gasteiger partial charge on any atom is -0.493 e. The summed E-state index contributed by atoms with van der Waals surface area (Å²) in [6.45, 7) is 0.236. The number of nitrogens with zero attached hydrogens (tertiary/aromatic N) is 1. The number of benzene rings is 2. The number of methoxy groups -OCH3 is 2. The minimum absolute atomic E-state index is 0.0931. The Morgan fingerprint density at radius 3 is 2.48 bits per heavy atom. The number of imide groups is 1. The van der Waals surface area contributed by atoms with E-state index in [0.29, 0.717) is 22.0 Å². The zero-order valence-electron chi connectivity index (χ0n) is 16.0. The van der Waals surface area contributed by atoms with Crippen LogP contribution in [-0.4, -0.2) is 49.3 Å². The summed E-state index contributed by atoms with van der Waals surface area (Å²) >= 11 is 0.896. The van der Waals surface area contributed by atoms with Crippen LogP contribution in [0.25, 0.3) is 6.08 Å². The van der Waals surface area contributed by atoms with E-state index in [4.69, 9.17) is 9.47 Å². The predicted molar refractivity (Wildman–Crippen MR) is 111 cm³/mol. The zero-order valence-corrected chi connectivity index (χ0v) is 16.8. The van der Waals surface area contributed by atoms with Crippen molar-refractivity contribution < 1.29 is 23.9 Å². The molecule has 150 valence electrons. The summed E-state index contributed by atoms with van der Waals surface area (Å²) in [7, 11) is 3.00. The maximum atomic E-state index is 12.5. The van der Waals surface area contributed by atoms with Gasteiger partial charge >= 0.3 is 0 Å². The van der Waals surface area contributed by atoms with Gasteiger partial charge in [0.2, 0.25) is 0 Å². The van der Waals surface area contributed by atoms with Crippen molar-refractivity contribution in [2.45, 2.75) is 0 Å². The van der Waals surface area contributed by atoms with Gasteiger partial charge in [-0.05, 0) is 41.6 Å². The topological polar surface area (TPSA) is 84.9 Å². The standard InChI is InChI=1S/C21H20N2O5S/c1-27-16-9-8-15(13-17(16)28-2)19(24)22-10-11-23-20(25)18(29-21(23)26)12-14-6-4-3-5-7-14/h3-9,12-13H,10-11H2,1-2H3,(H,22,24). The molecule has 29 heavy (non-hydrogen) atoms. The highest BCUT2D eigenvalue weighted by Crippen LogP contribution is 2.32. The van der Waals surface area contributed by atoms with Crippen molar-refractivity contribution in [3.63, 3.8) is 0 Å². The Kier molecular flexibility index (Phi) is 6.56. The SMILES string of the molecule is COc1ccc(C(=O)NCCN2C(=O)SC(=Cc3ccccc3)C2=O)cc1OC. The van der Waals surface area contributed by atoms with Crippen molar-refractivity contribution >= 4 is 34.9 Å². The molecular formula is C21H20N2O5S. The van der Waals surface area contributed by atoms with Crippen LogP contribution in [0.4, 0.5) is 4.79 Å². The summed E-state index contributed by atoms with van der Waals surface area (Å²) in [6.07, 6.45) is 1.69. The summed E-state index contributed by atoms with van der Waals surface area (Å²) in [6, 6.07) is 14.1. The van der Waals surface area contributed by atoms with E-state index < -0.39 is 0 Å². The quantitative estimate of drug-likeness (QED) is 0.703. The molecule has 3 amide bonds. The third kappa shape index (κ3) is 4.78. The van der Waals surface area contributed by atoms with E-state index in [0.717, 1.165) is 22.2 Å². The molecule has 0 radical (unpaired) electrons. The Bertz CT molecular complexity index is 959. The van der Waals surface area contributed by atoms with Crippen LogP contribution in [-0.2, 0) is 4.79 Å². The molecule has 0 aliphatic carbocycles. The number of amides is 3. The lowest BCUT2D eigenvalue weighted by molar-refractivity contribution is -0.122. The molecule has 1 N–H and O–H groups in total. The second-order valence-corrected chi connectivity index (χ2v) is 7.06. The monoisotopic (exact) mass is 412 g/mol. The average molecular weight is 412 g/mol. The third-order valence-corrected chi connectivity index (χ3v) is 5.15. The van der Waals surface area contributed by atoms with Crippen LogP contribution < -0.4 is 14.8 Å². The molecule has 2 aromatic rings. The number of nitrogens with one attached hydrogen (secondary N) is 1. The highest BCUT2D eigenvalue weighted by molar-refractivity contribution is 8.18. The number of thioether (sulfide) groups is 1. The average Bonchev–Trinajstić information content (AvgIpc) is 3.01. The third-order valence-electron chi connectivity index (χ3n) is 4.24. The minimum atomic E-state index is -0.357. The summed E-state index contributed by atoms with van der Waals surface area (Å²) in [5.74, 6) is 0.270. The summed E-state index contributed by atoms with van der Waals surface area (Å²) in [5, 5.41) is 2.36. The lowest BCUT2D eigenvalue weighted by Gasteiger charge is -2.13. The maximum Gasteiger partial charge on any atom is 0.293 e. The van der Waals surface area contributed by atoms with Crippen molar-refractivity contribution in [1.29, 1.82) is 0 Å². The van der Waals surface area contributed by atoms with Gasteiger partial charge in [-0.15, -0.1) is 0 Å². The van der Waals surface area contributed by atoms with Crippen LogP contribution in [0.15, 0.2) is 53.4 Å². The second-order valence-electron chi connectivity index (χ2n) is 6.07. The summed E-state index contributed by atoms with van der Waals surface area (Å²) < 4.78 is 10.3. The molecule has 1 fully saturated rings. The lowest BCUT2D eigenvalue weighted by Crippen LogP contribution is -2.37. The molecular weight excluding hydrogens is 392 g/mol. The predicted octanol–water partition coefficient (Wildman–Crippen LogP) is 3.17. The number of hydrogen-bond acceptors (Lipinski definition) is 6. The number of ether oxygens (including phenoxy) is 2. The molecule has 0 atom stereocenters. The van der Waals surface area contributed by atoms with Gasteiger partial charge in [-0.25, -0.2) is 0 Å².